The van der Waals surface area contributed by atoms with E-state index in [1.54, 1.807) is 36.3 Å². The molecule has 0 unspecified atom stereocenters. The minimum Gasteiger partial charge on any atom is -0.478 e. The van der Waals surface area contributed by atoms with Gasteiger partial charge in [0.2, 0.25) is 0 Å². The molecule has 7 heteroatoms. The van der Waals surface area contributed by atoms with E-state index in [1.165, 1.54) is 0 Å². The molecule has 0 spiro atoms. The van der Waals surface area contributed by atoms with Gasteiger partial charge in [-0.25, -0.2) is 14.8 Å². The molecule has 26 heavy (non-hydrogen) atoms. The summed E-state index contributed by atoms with van der Waals surface area (Å²) in [5.74, 6) is -0.121. The van der Waals surface area contributed by atoms with Crippen LogP contribution >= 0.6 is 11.8 Å². The van der Waals surface area contributed by atoms with Crippen molar-refractivity contribution in [2.24, 2.45) is 0 Å². The number of aromatic carboxylic acids is 1. The summed E-state index contributed by atoms with van der Waals surface area (Å²) in [4.78, 5) is 20.7. The minimum atomic E-state index is -0.907. The number of hydrogen-bond donors (Lipinski definition) is 3. The molecule has 6 nitrogen and oxygen atoms in total. The molecule has 3 N–H and O–H groups in total. The summed E-state index contributed by atoms with van der Waals surface area (Å²) >= 11 is 1.61. The van der Waals surface area contributed by atoms with Gasteiger partial charge in [-0.05, 0) is 35.4 Å². The van der Waals surface area contributed by atoms with Gasteiger partial charge in [0.05, 0.1) is 11.3 Å². The molecule has 0 aliphatic carbocycles. The smallest absolute Gasteiger partial charge is 0.335 e. The monoisotopic (exact) mass is 364 g/mol. The Balaban J connectivity index is 1.38. The third kappa shape index (κ3) is 3.54. The Morgan fingerprint density at radius 3 is 2.58 bits per heavy atom. The van der Waals surface area contributed by atoms with Crippen molar-refractivity contribution in [3.63, 3.8) is 0 Å². The zero-order valence-corrected chi connectivity index (χ0v) is 14.6. The molecule has 2 heterocycles. The molecule has 0 radical (unpaired) electrons. The molecule has 1 aromatic heterocycles. The van der Waals surface area contributed by atoms with Crippen LogP contribution in [0.5, 0.6) is 0 Å². The van der Waals surface area contributed by atoms with E-state index in [9.17, 15) is 4.79 Å². The Morgan fingerprint density at radius 2 is 1.77 bits per heavy atom. The second-order valence-corrected chi connectivity index (χ2v) is 6.90. The molecule has 0 amide bonds. The lowest BCUT2D eigenvalue weighted by atomic mass is 10.1. The molecular weight excluding hydrogens is 348 g/mol. The van der Waals surface area contributed by atoms with Gasteiger partial charge in [-0.2, -0.15) is 0 Å². The van der Waals surface area contributed by atoms with E-state index in [0.29, 0.717) is 18.7 Å². The number of benzene rings is 2. The van der Waals surface area contributed by atoms with Gasteiger partial charge >= 0.3 is 5.97 Å². The first-order valence-electron chi connectivity index (χ1n) is 8.11. The van der Waals surface area contributed by atoms with Gasteiger partial charge in [0.1, 0.15) is 5.03 Å². The second kappa shape index (κ2) is 7.15. The second-order valence-electron chi connectivity index (χ2n) is 5.87. The molecule has 0 atom stereocenters. The molecule has 1 aliphatic heterocycles. The van der Waals surface area contributed by atoms with Crippen LogP contribution in [0.15, 0.2) is 64.8 Å². The van der Waals surface area contributed by atoms with Crippen molar-refractivity contribution >= 4 is 29.2 Å². The first-order chi connectivity index (χ1) is 12.7. The quantitative estimate of drug-likeness (QED) is 0.498. The van der Waals surface area contributed by atoms with Crippen LogP contribution in [0.25, 0.3) is 0 Å². The highest BCUT2D eigenvalue weighted by Gasteiger charge is 2.17. The first-order valence-corrected chi connectivity index (χ1v) is 8.92. The topological polar surface area (TPSA) is 87.1 Å². The third-order valence-electron chi connectivity index (χ3n) is 4.03. The van der Waals surface area contributed by atoms with Crippen molar-refractivity contribution in [1.82, 2.24) is 15.3 Å². The Bertz CT molecular complexity index is 960. The van der Waals surface area contributed by atoms with Crippen molar-refractivity contribution in [1.29, 1.82) is 0 Å². The average Bonchev–Trinajstić information content (AvgIpc) is 2.66. The summed E-state index contributed by atoms with van der Waals surface area (Å²) in [5.41, 5.74) is 3.54. The van der Waals surface area contributed by atoms with Crippen LogP contribution in [0.4, 0.5) is 11.5 Å². The Morgan fingerprint density at radius 1 is 1.04 bits per heavy atom. The zero-order chi connectivity index (χ0) is 17.9. The predicted molar refractivity (Wildman–Crippen MR) is 99.8 cm³/mol. The van der Waals surface area contributed by atoms with E-state index in [2.05, 4.69) is 38.8 Å². The van der Waals surface area contributed by atoms with Gasteiger partial charge in [0.15, 0.2) is 5.82 Å². The maximum Gasteiger partial charge on any atom is 0.335 e. The number of carboxylic acid groups (broad SMARTS) is 1. The summed E-state index contributed by atoms with van der Waals surface area (Å²) in [7, 11) is 0. The van der Waals surface area contributed by atoms with E-state index in [4.69, 9.17) is 5.11 Å². The third-order valence-corrected chi connectivity index (χ3v) is 5.10. The van der Waals surface area contributed by atoms with Crippen molar-refractivity contribution in [2.75, 3.05) is 5.32 Å². The number of nitrogens with one attached hydrogen (secondary N) is 2. The fourth-order valence-corrected chi connectivity index (χ4v) is 3.59. The van der Waals surface area contributed by atoms with Crippen LogP contribution in [0.3, 0.4) is 0 Å². The minimum absolute atomic E-state index is 0.301. The van der Waals surface area contributed by atoms with E-state index in [-0.39, 0.29) is 0 Å². The van der Waals surface area contributed by atoms with Crippen LogP contribution in [0.1, 0.15) is 21.5 Å². The molecule has 2 aromatic carbocycles. The van der Waals surface area contributed by atoms with Crippen LogP contribution in [-0.4, -0.2) is 21.0 Å². The van der Waals surface area contributed by atoms with Gasteiger partial charge in [-0.1, -0.05) is 30.0 Å². The van der Waals surface area contributed by atoms with Crippen molar-refractivity contribution in [2.45, 2.75) is 23.0 Å². The molecule has 0 fully saturated rings. The van der Waals surface area contributed by atoms with Crippen LogP contribution in [0, 0.1) is 0 Å². The maximum atomic E-state index is 10.9. The number of hydrogen-bond acceptors (Lipinski definition) is 6. The van der Waals surface area contributed by atoms with E-state index >= 15 is 0 Å². The summed E-state index contributed by atoms with van der Waals surface area (Å²) in [5, 5.41) is 16.5. The molecule has 0 saturated carbocycles. The van der Waals surface area contributed by atoms with Crippen molar-refractivity contribution in [3.8, 4) is 0 Å². The number of rotatable bonds is 5. The summed E-state index contributed by atoms with van der Waals surface area (Å²) in [6.45, 7) is 1.39. The summed E-state index contributed by atoms with van der Waals surface area (Å²) < 4.78 is 0. The number of nitrogens with zero attached hydrogens (tertiary/aromatic N) is 2. The number of carbonyl (C=O) groups is 1. The van der Waals surface area contributed by atoms with Gasteiger partial charge in [-0.15, -0.1) is 0 Å². The lowest BCUT2D eigenvalue weighted by Gasteiger charge is -2.19. The fourth-order valence-electron chi connectivity index (χ4n) is 2.71. The van der Waals surface area contributed by atoms with Crippen LogP contribution < -0.4 is 10.6 Å². The van der Waals surface area contributed by atoms with E-state index < -0.39 is 5.97 Å². The summed E-state index contributed by atoms with van der Waals surface area (Å²) in [6.07, 6.45) is 3.37. The van der Waals surface area contributed by atoms with Crippen LogP contribution in [-0.2, 0) is 13.1 Å². The average molecular weight is 364 g/mol. The normalized spacial score (nSPS) is 12.0. The highest BCUT2D eigenvalue weighted by molar-refractivity contribution is 7.99. The number of anilines is 2. The van der Waals surface area contributed by atoms with Crippen molar-refractivity contribution < 1.29 is 9.90 Å². The van der Waals surface area contributed by atoms with E-state index in [0.717, 1.165) is 32.6 Å². The van der Waals surface area contributed by atoms with E-state index in [1.807, 2.05) is 12.1 Å². The lowest BCUT2D eigenvalue weighted by Crippen LogP contribution is -2.13. The van der Waals surface area contributed by atoms with Gasteiger partial charge in [-0.3, -0.25) is 0 Å². The Kier molecular flexibility index (Phi) is 4.55. The van der Waals surface area contributed by atoms with Gasteiger partial charge < -0.3 is 15.7 Å². The highest BCUT2D eigenvalue weighted by atomic mass is 32.2. The van der Waals surface area contributed by atoms with Crippen LogP contribution in [0.2, 0.25) is 0 Å². The van der Waals surface area contributed by atoms with Gasteiger partial charge in [0.25, 0.3) is 0 Å². The predicted octanol–water partition coefficient (Wildman–Crippen LogP) is 3.67. The molecular formula is C19H16N4O2S. The van der Waals surface area contributed by atoms with Gasteiger partial charge in [0, 0.05) is 30.4 Å². The fraction of sp³-hybridized carbons (Fsp3) is 0.105. The molecule has 0 saturated heterocycles. The lowest BCUT2D eigenvalue weighted by molar-refractivity contribution is 0.0697. The first kappa shape index (κ1) is 16.6. The molecule has 3 aromatic rings. The standard InChI is InChI=1S/C19H16N4O2S/c24-19(25)14-4-1-12(2-5-14)10-20-11-13-3-6-16-15(9-13)23-17-18(26-16)22-8-7-21-17/h1-9,20H,10-11H2,(H,21,23)(H,24,25). The Labute approximate surface area is 154 Å². The summed E-state index contributed by atoms with van der Waals surface area (Å²) in [6, 6.07) is 13.2. The molecule has 130 valence electrons. The number of aromatic nitrogens is 2. The zero-order valence-electron chi connectivity index (χ0n) is 13.8. The Hall–Kier alpha value is -2.90. The maximum absolute atomic E-state index is 10.9. The number of fused-ring (bicyclic) bond motifs is 2. The SMILES string of the molecule is O=C(O)c1ccc(CNCc2ccc3c(c2)Nc2nccnc2S3)cc1. The largest absolute Gasteiger partial charge is 0.478 e. The molecule has 4 rings (SSSR count). The highest BCUT2D eigenvalue weighted by Crippen LogP contribution is 2.41. The molecule has 0 bridgehead atoms. The molecule has 1 aliphatic rings. The van der Waals surface area contributed by atoms with Crippen molar-refractivity contribution in [3.05, 3.63) is 71.5 Å². The number of carboxylic acids is 1.